The van der Waals surface area contributed by atoms with Gasteiger partial charge in [-0.1, -0.05) is 79.7 Å². The molecule has 0 fully saturated rings. The minimum atomic E-state index is -1.24. The number of aliphatic carboxylic acids is 5. The zero-order valence-corrected chi connectivity index (χ0v) is 31.5. The molecule has 15 heteroatoms. The number of carboxylic acids is 5. The van der Waals surface area contributed by atoms with Crippen LogP contribution in [0.5, 0.6) is 5.75 Å². The van der Waals surface area contributed by atoms with E-state index in [1.165, 1.54) is 32.7 Å². The van der Waals surface area contributed by atoms with Crippen LogP contribution in [0.3, 0.4) is 0 Å². The van der Waals surface area contributed by atoms with E-state index in [9.17, 15) is 24.0 Å². The molecule has 0 amide bonds. The molecule has 3 aromatic rings. The van der Waals surface area contributed by atoms with E-state index in [0.717, 1.165) is 28.5 Å². The second-order valence-electron chi connectivity index (χ2n) is 12.8. The second kappa shape index (κ2) is 24.7. The van der Waals surface area contributed by atoms with E-state index in [-0.39, 0.29) is 26.2 Å². The van der Waals surface area contributed by atoms with Crippen molar-refractivity contribution in [2.45, 2.75) is 13.3 Å². The predicted molar refractivity (Wildman–Crippen MR) is 207 cm³/mol. The van der Waals surface area contributed by atoms with Crippen LogP contribution in [-0.2, 0) is 24.0 Å². The molecule has 15 nitrogen and oxygen atoms in total. The lowest BCUT2D eigenvalue weighted by atomic mass is 9.88. The van der Waals surface area contributed by atoms with Gasteiger partial charge in [-0.05, 0) is 60.5 Å². The number of hydrogen-bond donors (Lipinski definition) is 5. The molecule has 0 aromatic heterocycles. The third-order valence-electron chi connectivity index (χ3n) is 8.05. The molecular formula is C40H52N4O11. The first-order chi connectivity index (χ1) is 26.2. The molecular weight excluding hydrogens is 712 g/mol. The van der Waals surface area contributed by atoms with Crippen LogP contribution in [-0.4, -0.2) is 161 Å². The average molecular weight is 765 g/mol. The minimum Gasteiger partial charge on any atom is -0.492 e. The summed E-state index contributed by atoms with van der Waals surface area (Å²) in [6.45, 7) is 1.09. The van der Waals surface area contributed by atoms with Crippen LogP contribution in [0.2, 0.25) is 0 Å². The summed E-state index contributed by atoms with van der Waals surface area (Å²) < 4.78 is 5.87. The largest absolute Gasteiger partial charge is 0.492 e. The van der Waals surface area contributed by atoms with E-state index in [1.807, 2.05) is 0 Å². The van der Waals surface area contributed by atoms with Gasteiger partial charge in [0.05, 0.1) is 32.7 Å². The van der Waals surface area contributed by atoms with Gasteiger partial charge in [0.25, 0.3) is 0 Å². The van der Waals surface area contributed by atoms with Crippen LogP contribution in [0.25, 0.3) is 11.1 Å². The van der Waals surface area contributed by atoms with E-state index in [2.05, 4.69) is 111 Å². The minimum absolute atomic E-state index is 0.000836. The number of rotatable bonds is 24. The van der Waals surface area contributed by atoms with E-state index >= 15 is 0 Å². The molecule has 0 radical (unpaired) electrons. The molecule has 0 aliphatic carbocycles. The highest BCUT2D eigenvalue weighted by Gasteiger charge is 2.19. The number of benzene rings is 3. The number of carboxylic acid groups (broad SMARTS) is 5. The fourth-order valence-electron chi connectivity index (χ4n) is 5.57. The Labute approximate surface area is 321 Å². The Morgan fingerprint density at radius 1 is 0.491 bits per heavy atom. The van der Waals surface area contributed by atoms with Crippen LogP contribution in [0.15, 0.2) is 84.9 Å². The number of likely N-dealkylation sites (N-methyl/N-ethyl adjacent to an activating group) is 1. The van der Waals surface area contributed by atoms with Gasteiger partial charge in [-0.2, -0.15) is 0 Å². The topological polar surface area (TPSA) is 209 Å². The summed E-state index contributed by atoms with van der Waals surface area (Å²) in [5, 5.41) is 44.1. The molecule has 0 spiro atoms. The van der Waals surface area contributed by atoms with E-state index in [1.54, 1.807) is 0 Å². The molecule has 3 rings (SSSR count). The Morgan fingerprint density at radius 3 is 1.24 bits per heavy atom. The highest BCUT2D eigenvalue weighted by atomic mass is 16.5. The van der Waals surface area contributed by atoms with Crippen LogP contribution in [0.1, 0.15) is 30.0 Å². The molecule has 0 unspecified atom stereocenters. The Bertz CT molecular complexity index is 1610. The van der Waals surface area contributed by atoms with Crippen molar-refractivity contribution in [3.05, 3.63) is 102 Å². The Hall–Kier alpha value is -5.61. The number of ether oxygens (including phenoxy) is 1. The smallest absolute Gasteiger partial charge is 0.317 e. The number of allylic oxidation sites excluding steroid dienone is 1. The summed E-state index contributed by atoms with van der Waals surface area (Å²) in [6, 6.07) is 29.8. The lowest BCUT2D eigenvalue weighted by molar-refractivity contribution is -0.143. The quantitative estimate of drug-likeness (QED) is 0.0830. The van der Waals surface area contributed by atoms with Crippen molar-refractivity contribution >= 4 is 41.0 Å². The molecule has 0 bridgehead atoms. The molecule has 0 heterocycles. The van der Waals surface area contributed by atoms with E-state index in [4.69, 9.17) is 30.3 Å². The summed E-state index contributed by atoms with van der Waals surface area (Å²) in [5.74, 6) is -5.24. The van der Waals surface area contributed by atoms with Crippen molar-refractivity contribution in [1.29, 1.82) is 0 Å². The van der Waals surface area contributed by atoms with Crippen molar-refractivity contribution < 1.29 is 54.2 Å². The van der Waals surface area contributed by atoms with Gasteiger partial charge in [-0.15, -0.1) is 0 Å². The molecule has 298 valence electrons. The molecule has 0 atom stereocenters. The maximum absolute atomic E-state index is 11.0. The van der Waals surface area contributed by atoms with Gasteiger partial charge >= 0.3 is 29.8 Å². The monoisotopic (exact) mass is 764 g/mol. The first-order valence-electron chi connectivity index (χ1n) is 17.7. The summed E-state index contributed by atoms with van der Waals surface area (Å²) in [4.78, 5) is 59.7. The van der Waals surface area contributed by atoms with Crippen molar-refractivity contribution in [2.75, 3.05) is 86.1 Å². The standard InChI is InChI=1S/C26H29NO.C14H23N3O10/c1-4-25(21-11-7-5-8-12-21)26(22-13-9-6-10-14-22)23-15-17-24(18-16-23)28-20-19-27(2)3;18-10(19)5-15(1-3-16(6-11(20)21)7-12(22)23)2-4-17(8-13(24)25)9-14(26)27/h5-18H,4,19-20H2,1-3H3;1-9H2,(H,18,19)(H,20,21)(H,22,23)(H,24,25)(H,26,27)/b26-25-;. The molecule has 3 aromatic carbocycles. The summed E-state index contributed by atoms with van der Waals surface area (Å²) in [6.07, 6.45) is 0.968. The van der Waals surface area contributed by atoms with Gasteiger partial charge in [-0.25, -0.2) is 0 Å². The highest BCUT2D eigenvalue weighted by Crippen LogP contribution is 2.34. The van der Waals surface area contributed by atoms with Crippen LogP contribution < -0.4 is 4.74 Å². The van der Waals surface area contributed by atoms with Crippen molar-refractivity contribution in [3.8, 4) is 5.75 Å². The van der Waals surface area contributed by atoms with Gasteiger partial charge < -0.3 is 35.2 Å². The third-order valence-corrected chi connectivity index (χ3v) is 8.05. The molecule has 0 aliphatic rings. The number of carbonyl (C=O) groups is 5. The molecule has 5 N–H and O–H groups in total. The number of nitrogens with zero attached hydrogens (tertiary/aromatic N) is 4. The second-order valence-corrected chi connectivity index (χ2v) is 12.8. The van der Waals surface area contributed by atoms with E-state index < -0.39 is 62.6 Å². The van der Waals surface area contributed by atoms with Gasteiger partial charge in [0.15, 0.2) is 0 Å². The molecule has 55 heavy (non-hydrogen) atoms. The Morgan fingerprint density at radius 2 is 0.855 bits per heavy atom. The fourth-order valence-corrected chi connectivity index (χ4v) is 5.57. The number of hydrogen-bond acceptors (Lipinski definition) is 10. The lowest BCUT2D eigenvalue weighted by Crippen LogP contribution is -2.45. The fraction of sp³-hybridized carbons (Fsp3) is 0.375. The molecule has 0 aliphatic heterocycles. The van der Waals surface area contributed by atoms with Gasteiger partial charge in [0.1, 0.15) is 12.4 Å². The van der Waals surface area contributed by atoms with Crippen LogP contribution >= 0.6 is 0 Å². The summed E-state index contributed by atoms with van der Waals surface area (Å²) in [7, 11) is 4.11. The van der Waals surface area contributed by atoms with Crippen LogP contribution in [0, 0.1) is 0 Å². The summed E-state index contributed by atoms with van der Waals surface area (Å²) >= 11 is 0. The van der Waals surface area contributed by atoms with Crippen LogP contribution in [0.4, 0.5) is 0 Å². The van der Waals surface area contributed by atoms with Crippen molar-refractivity contribution in [3.63, 3.8) is 0 Å². The normalized spacial score (nSPS) is 11.5. The maximum atomic E-state index is 11.0. The summed E-state index contributed by atoms with van der Waals surface area (Å²) in [5.41, 5.74) is 6.37. The van der Waals surface area contributed by atoms with Gasteiger partial charge in [0, 0.05) is 32.7 Å². The predicted octanol–water partition coefficient (Wildman–Crippen LogP) is 3.31. The SMILES string of the molecule is CC/C(=C(\c1ccccc1)c1ccc(OCCN(C)C)cc1)c1ccccc1.O=C(O)CN(CCN(CC(=O)O)CC(=O)O)CCN(CC(=O)O)CC(=O)O. The highest BCUT2D eigenvalue weighted by molar-refractivity contribution is 5.98. The third kappa shape index (κ3) is 18.8. The lowest BCUT2D eigenvalue weighted by Gasteiger charge is -2.27. The maximum Gasteiger partial charge on any atom is 0.317 e. The Kier molecular flexibility index (Phi) is 20.4. The first kappa shape index (κ1) is 45.5. The molecule has 0 saturated carbocycles. The van der Waals surface area contributed by atoms with Gasteiger partial charge in [-0.3, -0.25) is 38.7 Å². The Balaban J connectivity index is 0.000000381. The van der Waals surface area contributed by atoms with Crippen molar-refractivity contribution in [1.82, 2.24) is 19.6 Å². The van der Waals surface area contributed by atoms with Gasteiger partial charge in [0.2, 0.25) is 0 Å². The first-order valence-corrected chi connectivity index (χ1v) is 17.7. The van der Waals surface area contributed by atoms with Crippen molar-refractivity contribution in [2.24, 2.45) is 0 Å². The average Bonchev–Trinajstić information content (AvgIpc) is 3.11. The zero-order valence-electron chi connectivity index (χ0n) is 31.5. The molecule has 0 saturated heterocycles. The van der Waals surface area contributed by atoms with E-state index in [0.29, 0.717) is 6.61 Å². The zero-order chi connectivity index (χ0) is 40.8.